The first-order valence-corrected chi connectivity index (χ1v) is 11.8. The largest absolute Gasteiger partial charge is 0.416 e. The van der Waals surface area contributed by atoms with Crippen LogP contribution in [0, 0.1) is 0 Å². The molecule has 206 valence electrons. The molecule has 0 radical (unpaired) electrons. The molecule has 0 spiro atoms. The van der Waals surface area contributed by atoms with E-state index in [0.717, 1.165) is 12.1 Å². The van der Waals surface area contributed by atoms with E-state index in [4.69, 9.17) is 16.4 Å². The van der Waals surface area contributed by atoms with Gasteiger partial charge in [-0.3, -0.25) is 9.59 Å². The second-order valence-corrected chi connectivity index (χ2v) is 9.48. The lowest BCUT2D eigenvalue weighted by atomic mass is 9.86. The van der Waals surface area contributed by atoms with Gasteiger partial charge in [0, 0.05) is 28.1 Å². The summed E-state index contributed by atoms with van der Waals surface area (Å²) in [6.45, 7) is -0.595. The molecular weight excluding hydrogens is 552 g/mol. The summed E-state index contributed by atoms with van der Waals surface area (Å²) in [6, 6.07) is 12.9. The Labute approximate surface area is 222 Å². The minimum Gasteiger partial charge on any atom is -0.384 e. The molecule has 2 N–H and O–H groups in total. The molecule has 3 aromatic rings. The van der Waals surface area contributed by atoms with Crippen molar-refractivity contribution in [1.82, 2.24) is 10.6 Å². The number of fused-ring (bicyclic) bond motifs is 1. The molecule has 4 rings (SSSR count). The van der Waals surface area contributed by atoms with Crippen LogP contribution in [-0.4, -0.2) is 36.8 Å². The normalized spacial score (nSPS) is 17.5. The van der Waals surface area contributed by atoms with Crippen molar-refractivity contribution in [2.75, 3.05) is 13.1 Å². The highest BCUT2D eigenvalue weighted by Gasteiger charge is 2.40. The van der Waals surface area contributed by atoms with Crippen LogP contribution in [-0.2, 0) is 21.4 Å². The monoisotopic (exact) mass is 571 g/mol. The van der Waals surface area contributed by atoms with E-state index >= 15 is 0 Å². The summed E-state index contributed by atoms with van der Waals surface area (Å²) in [6.07, 6.45) is -9.09. The summed E-state index contributed by atoms with van der Waals surface area (Å²) >= 11 is 5.95. The number of alkyl halides is 6. The molecule has 13 heteroatoms. The Balaban J connectivity index is 1.56. The van der Waals surface area contributed by atoms with Gasteiger partial charge in [-0.2, -0.15) is 26.3 Å². The van der Waals surface area contributed by atoms with Crippen molar-refractivity contribution < 1.29 is 40.8 Å². The maximum absolute atomic E-state index is 13.3. The van der Waals surface area contributed by atoms with Crippen molar-refractivity contribution in [3.8, 4) is 0 Å². The Morgan fingerprint density at radius 3 is 2.36 bits per heavy atom. The van der Waals surface area contributed by atoms with E-state index in [2.05, 4.69) is 10.5 Å². The average molecular weight is 572 g/mol. The van der Waals surface area contributed by atoms with Gasteiger partial charge in [0.2, 0.25) is 5.91 Å². The van der Waals surface area contributed by atoms with E-state index in [1.807, 2.05) is 0 Å². The number of benzene rings is 3. The molecule has 3 aromatic carbocycles. The van der Waals surface area contributed by atoms with Gasteiger partial charge in [-0.15, -0.1) is 0 Å². The van der Waals surface area contributed by atoms with E-state index in [9.17, 15) is 35.9 Å². The summed E-state index contributed by atoms with van der Waals surface area (Å²) in [5.74, 6) is -1.69. The number of hydrogen-bond acceptors (Lipinski definition) is 4. The Morgan fingerprint density at radius 1 is 1.00 bits per heavy atom. The minimum atomic E-state index is -4.61. The molecule has 2 amide bonds. The van der Waals surface area contributed by atoms with E-state index in [0.29, 0.717) is 22.0 Å². The molecule has 0 saturated carbocycles. The highest BCUT2D eigenvalue weighted by molar-refractivity contribution is 6.30. The molecule has 0 aromatic heterocycles. The first-order chi connectivity index (χ1) is 18.2. The van der Waals surface area contributed by atoms with Crippen LogP contribution in [0.15, 0.2) is 59.8 Å². The van der Waals surface area contributed by atoms with Gasteiger partial charge >= 0.3 is 12.4 Å². The van der Waals surface area contributed by atoms with Crippen molar-refractivity contribution in [2.45, 2.75) is 31.3 Å². The van der Waals surface area contributed by atoms with Crippen LogP contribution < -0.4 is 10.6 Å². The smallest absolute Gasteiger partial charge is 0.384 e. The van der Waals surface area contributed by atoms with E-state index in [1.165, 1.54) is 12.1 Å². The molecule has 39 heavy (non-hydrogen) atoms. The number of nitrogens with zero attached hydrogens (tertiary/aromatic N) is 1. The van der Waals surface area contributed by atoms with Gasteiger partial charge in [-0.05, 0) is 42.0 Å². The van der Waals surface area contributed by atoms with Crippen LogP contribution in [0.3, 0.4) is 0 Å². The lowest BCUT2D eigenvalue weighted by molar-refractivity contribution is -0.137. The molecule has 1 heterocycles. The van der Waals surface area contributed by atoms with E-state index in [-0.39, 0.29) is 22.6 Å². The maximum Gasteiger partial charge on any atom is 0.416 e. The number of nitrogens with one attached hydrogen (secondary N) is 2. The molecule has 0 fully saturated rings. The minimum absolute atomic E-state index is 0.0968. The summed E-state index contributed by atoms with van der Waals surface area (Å²) < 4.78 is 76.8. The van der Waals surface area contributed by atoms with Crippen LogP contribution in [0.4, 0.5) is 26.3 Å². The highest BCUT2D eigenvalue weighted by Crippen LogP contribution is 2.41. The average Bonchev–Trinajstić information content (AvgIpc) is 3.27. The fraction of sp³-hybridized carbons (Fsp3) is 0.269. The third-order valence-corrected chi connectivity index (χ3v) is 6.29. The third-order valence-electron chi connectivity index (χ3n) is 6.07. The maximum atomic E-state index is 13.3. The standard InChI is InChI=1S/C26H20ClF6N3O3/c1-24(14-8-15(26(31,32)33)10-16(27)9-14)11-21(36-39-24)19-6-7-20(18-5-3-2-4-17(18)19)23(38)34-12-22(37)35-13-25(28,29)30/h2-10H,11-13H2,1H3,(H,34,38)(H,35,37)/t24-/m0/s1. The zero-order valence-corrected chi connectivity index (χ0v) is 20.9. The van der Waals surface area contributed by atoms with Crippen LogP contribution in [0.1, 0.15) is 40.4 Å². The fourth-order valence-electron chi connectivity index (χ4n) is 4.16. The van der Waals surface area contributed by atoms with Gasteiger partial charge < -0.3 is 15.5 Å². The number of amides is 2. The zero-order valence-electron chi connectivity index (χ0n) is 20.1. The predicted octanol–water partition coefficient (Wildman–Crippen LogP) is 5.96. The molecule has 0 aliphatic carbocycles. The van der Waals surface area contributed by atoms with Crippen molar-refractivity contribution in [1.29, 1.82) is 0 Å². The first-order valence-electron chi connectivity index (χ1n) is 11.4. The van der Waals surface area contributed by atoms with Crippen molar-refractivity contribution >= 4 is 39.9 Å². The van der Waals surface area contributed by atoms with Crippen LogP contribution in [0.2, 0.25) is 5.02 Å². The van der Waals surface area contributed by atoms with Gasteiger partial charge in [-0.25, -0.2) is 0 Å². The van der Waals surface area contributed by atoms with Gasteiger partial charge in [0.15, 0.2) is 5.60 Å². The van der Waals surface area contributed by atoms with Gasteiger partial charge in [0.1, 0.15) is 6.54 Å². The summed E-state index contributed by atoms with van der Waals surface area (Å²) in [5, 5.41) is 9.02. The second-order valence-electron chi connectivity index (χ2n) is 9.04. The second kappa shape index (κ2) is 10.4. The van der Waals surface area contributed by atoms with Crippen molar-refractivity contribution in [3.05, 3.63) is 81.9 Å². The Bertz CT molecular complexity index is 1470. The van der Waals surface area contributed by atoms with Gasteiger partial charge in [0.05, 0.1) is 17.8 Å². The van der Waals surface area contributed by atoms with Crippen LogP contribution in [0.25, 0.3) is 10.8 Å². The number of carbonyl (C=O) groups is 2. The molecule has 0 bridgehead atoms. The summed E-state index contributed by atoms with van der Waals surface area (Å²) in [7, 11) is 0. The molecule has 1 atom stereocenters. The third kappa shape index (κ3) is 6.44. The number of halogens is 7. The van der Waals surface area contributed by atoms with E-state index < -0.39 is 48.4 Å². The van der Waals surface area contributed by atoms with Crippen LogP contribution >= 0.6 is 11.6 Å². The number of rotatable bonds is 6. The molecule has 6 nitrogen and oxygen atoms in total. The van der Waals surface area contributed by atoms with Crippen LogP contribution in [0.5, 0.6) is 0 Å². The summed E-state index contributed by atoms with van der Waals surface area (Å²) in [5.41, 5.74) is -0.847. The van der Waals surface area contributed by atoms with Gasteiger partial charge in [-0.1, -0.05) is 47.1 Å². The lowest BCUT2D eigenvalue weighted by Gasteiger charge is -2.23. The Kier molecular flexibility index (Phi) is 7.53. The fourth-order valence-corrected chi connectivity index (χ4v) is 4.40. The molecule has 0 saturated heterocycles. The summed E-state index contributed by atoms with van der Waals surface area (Å²) in [4.78, 5) is 30.0. The molecular formula is C26H20ClF6N3O3. The first kappa shape index (κ1) is 28.2. The quantitative estimate of drug-likeness (QED) is 0.358. The van der Waals surface area contributed by atoms with E-state index in [1.54, 1.807) is 42.6 Å². The molecule has 1 aliphatic rings. The van der Waals surface area contributed by atoms with Crippen molar-refractivity contribution in [3.63, 3.8) is 0 Å². The Hall–Kier alpha value is -3.80. The number of oxime groups is 1. The topological polar surface area (TPSA) is 79.8 Å². The number of hydrogen-bond donors (Lipinski definition) is 2. The highest BCUT2D eigenvalue weighted by atomic mass is 35.5. The SMILES string of the molecule is C[C@@]1(c2cc(Cl)cc(C(F)(F)F)c2)CC(c2ccc(C(=O)NCC(=O)NCC(F)(F)F)c3ccccc23)=NO1. The predicted molar refractivity (Wildman–Crippen MR) is 131 cm³/mol. The lowest BCUT2D eigenvalue weighted by Crippen LogP contribution is -2.40. The van der Waals surface area contributed by atoms with Gasteiger partial charge in [0.25, 0.3) is 5.91 Å². The Morgan fingerprint density at radius 2 is 1.69 bits per heavy atom. The molecule has 0 unspecified atom stereocenters. The zero-order chi connectivity index (χ0) is 28.6. The number of carbonyl (C=O) groups excluding carboxylic acids is 2. The van der Waals surface area contributed by atoms with Crippen molar-refractivity contribution in [2.24, 2.45) is 5.16 Å². The molecule has 1 aliphatic heterocycles.